The highest BCUT2D eigenvalue weighted by atomic mass is 32.2. The van der Waals surface area contributed by atoms with Gasteiger partial charge in [0.15, 0.2) is 10.8 Å². The fraction of sp³-hybridized carbons (Fsp3) is 0.316. The molecule has 31 heavy (non-hydrogen) atoms. The minimum absolute atomic E-state index is 0.207. The number of fused-ring (bicyclic) bond motifs is 1. The number of nitrogens with one attached hydrogen (secondary N) is 1. The molecule has 2 aromatic rings. The van der Waals surface area contributed by atoms with Crippen LogP contribution >= 0.6 is 11.3 Å². The monoisotopic (exact) mass is 470 g/mol. The first-order valence-corrected chi connectivity index (χ1v) is 11.9. The lowest BCUT2D eigenvalue weighted by molar-refractivity contribution is -0.136. The van der Waals surface area contributed by atoms with Crippen LogP contribution in [-0.2, 0) is 19.6 Å². The van der Waals surface area contributed by atoms with E-state index in [1.54, 1.807) is 6.20 Å². The maximum absolute atomic E-state index is 12.0. The molecule has 0 amide bonds. The van der Waals surface area contributed by atoms with Crippen LogP contribution in [0.5, 0.6) is 0 Å². The average Bonchev–Trinajstić information content (AvgIpc) is 3.35. The first-order valence-electron chi connectivity index (χ1n) is 9.08. The summed E-state index contributed by atoms with van der Waals surface area (Å²) in [5.41, 5.74) is 1.21. The van der Waals surface area contributed by atoms with Crippen LogP contribution in [0.2, 0.25) is 0 Å². The number of amidine groups is 1. The second kappa shape index (κ2) is 9.62. The van der Waals surface area contributed by atoms with Gasteiger partial charge in [-0.25, -0.2) is 31.7 Å². The van der Waals surface area contributed by atoms with E-state index in [0.717, 1.165) is 23.0 Å². The van der Waals surface area contributed by atoms with Crippen molar-refractivity contribution in [3.63, 3.8) is 0 Å². The lowest BCUT2D eigenvalue weighted by Crippen LogP contribution is -2.39. The van der Waals surface area contributed by atoms with E-state index in [4.69, 9.17) is 4.74 Å². The van der Waals surface area contributed by atoms with Crippen LogP contribution in [0, 0.1) is 11.6 Å². The smallest absolute Gasteiger partial charge is 0.337 e. The zero-order chi connectivity index (χ0) is 22.6. The van der Waals surface area contributed by atoms with Crippen LogP contribution in [-0.4, -0.2) is 62.6 Å². The predicted molar refractivity (Wildman–Crippen MR) is 112 cm³/mol. The number of rotatable bonds is 4. The number of nitrogens with zero attached hydrogens (tertiary/aromatic N) is 3. The molecule has 2 aliphatic heterocycles. The van der Waals surface area contributed by atoms with Crippen molar-refractivity contribution in [1.82, 2.24) is 14.6 Å². The van der Waals surface area contributed by atoms with Gasteiger partial charge in [-0.15, -0.1) is 11.3 Å². The number of halogens is 2. The van der Waals surface area contributed by atoms with E-state index in [-0.39, 0.29) is 12.6 Å². The molecule has 1 fully saturated rings. The van der Waals surface area contributed by atoms with Crippen LogP contribution < -0.4 is 4.72 Å². The van der Waals surface area contributed by atoms with E-state index in [1.807, 2.05) is 10.3 Å². The van der Waals surface area contributed by atoms with Crippen molar-refractivity contribution < 1.29 is 26.7 Å². The maximum atomic E-state index is 12.0. The number of thiazole rings is 1. The number of benzene rings is 1. The normalized spacial score (nSPS) is 18.1. The summed E-state index contributed by atoms with van der Waals surface area (Å²) in [6, 6.07) is 4.24. The number of esters is 1. The summed E-state index contributed by atoms with van der Waals surface area (Å²) in [5, 5.41) is 2.59. The van der Waals surface area contributed by atoms with Crippen LogP contribution in [0.4, 0.5) is 8.78 Å². The molecule has 0 radical (unpaired) electrons. The van der Waals surface area contributed by atoms with Crippen molar-refractivity contribution in [3.8, 4) is 0 Å². The number of hydrogen-bond acceptors (Lipinski definition) is 8. The van der Waals surface area contributed by atoms with Gasteiger partial charge >= 0.3 is 5.97 Å². The highest BCUT2D eigenvalue weighted by Gasteiger charge is 2.38. The molecular formula is C19H20F2N4O4S2. The lowest BCUT2D eigenvalue weighted by atomic mass is 10.1. The Morgan fingerprint density at radius 1 is 1.32 bits per heavy atom. The van der Waals surface area contributed by atoms with E-state index >= 15 is 0 Å². The van der Waals surface area contributed by atoms with Crippen molar-refractivity contribution in [3.05, 3.63) is 63.8 Å². The van der Waals surface area contributed by atoms with Gasteiger partial charge in [0.25, 0.3) is 0 Å². The van der Waals surface area contributed by atoms with Gasteiger partial charge < -0.3 is 9.64 Å². The molecular weight excluding hydrogens is 450 g/mol. The second-order valence-electron chi connectivity index (χ2n) is 6.74. The number of ether oxygens (including phenoxy) is 1. The van der Waals surface area contributed by atoms with Crippen LogP contribution in [0.1, 0.15) is 11.4 Å². The Balaban J connectivity index is 0.000000287. The SMILES string of the molecule is COC(=O)C1=C2C[C@H](NS(C)(=O)=O)CN2C(c2nccs2)=NC1.Fc1cccc(F)c1. The summed E-state index contributed by atoms with van der Waals surface area (Å²) in [6.45, 7) is 0.611. The Hall–Kier alpha value is -2.70. The molecule has 2 aliphatic rings. The Kier molecular flexibility index (Phi) is 7.13. The molecule has 8 nitrogen and oxygen atoms in total. The summed E-state index contributed by atoms with van der Waals surface area (Å²) < 4.78 is 54.3. The van der Waals surface area contributed by atoms with E-state index in [2.05, 4.69) is 14.7 Å². The molecule has 3 heterocycles. The van der Waals surface area contributed by atoms with Crippen molar-refractivity contribution in [2.24, 2.45) is 4.99 Å². The van der Waals surface area contributed by atoms with Gasteiger partial charge in [0.1, 0.15) is 11.6 Å². The van der Waals surface area contributed by atoms with Crippen LogP contribution in [0.15, 0.2) is 52.1 Å². The van der Waals surface area contributed by atoms with Crippen LogP contribution in [0.3, 0.4) is 0 Å². The minimum atomic E-state index is -3.33. The van der Waals surface area contributed by atoms with Crippen molar-refractivity contribution in [1.29, 1.82) is 0 Å². The third-order valence-electron chi connectivity index (χ3n) is 4.38. The summed E-state index contributed by atoms with van der Waals surface area (Å²) in [6.07, 6.45) is 3.22. The highest BCUT2D eigenvalue weighted by molar-refractivity contribution is 7.88. The quantitative estimate of drug-likeness (QED) is 0.686. The topological polar surface area (TPSA) is 101 Å². The Morgan fingerprint density at radius 3 is 2.55 bits per heavy atom. The predicted octanol–water partition coefficient (Wildman–Crippen LogP) is 1.92. The number of sulfonamides is 1. The van der Waals surface area contributed by atoms with Gasteiger partial charge in [-0.05, 0) is 12.1 Å². The second-order valence-corrected chi connectivity index (χ2v) is 9.41. The number of aliphatic imine (C=N–C) groups is 1. The zero-order valence-corrected chi connectivity index (χ0v) is 18.3. The van der Waals surface area contributed by atoms with Crippen molar-refractivity contribution in [2.75, 3.05) is 26.5 Å². The van der Waals surface area contributed by atoms with Crippen molar-refractivity contribution in [2.45, 2.75) is 12.5 Å². The Bertz CT molecular complexity index is 1100. The fourth-order valence-corrected chi connectivity index (χ4v) is 4.65. The third-order valence-corrected chi connectivity index (χ3v) is 5.91. The minimum Gasteiger partial charge on any atom is -0.466 e. The number of carbonyl (C=O) groups is 1. The fourth-order valence-electron chi connectivity index (χ4n) is 3.23. The molecule has 0 bridgehead atoms. The summed E-state index contributed by atoms with van der Waals surface area (Å²) in [5.74, 6) is -0.845. The third kappa shape index (κ3) is 5.93. The van der Waals surface area contributed by atoms with Gasteiger partial charge in [0.05, 0.1) is 25.5 Å². The molecule has 0 saturated carbocycles. The lowest BCUT2D eigenvalue weighted by Gasteiger charge is -2.26. The molecule has 1 aromatic carbocycles. The largest absolute Gasteiger partial charge is 0.466 e. The molecule has 1 atom stereocenters. The van der Waals surface area contributed by atoms with Crippen molar-refractivity contribution >= 4 is 33.2 Å². The standard InChI is InChI=1S/C13H16N4O4S2.C6H4F2/c1-21-13(18)9-6-15-11(12-14-3-4-22-12)17-7-8(5-10(9)17)16-23(2,19)20;7-5-2-1-3-6(8)4-5/h3-4,8,16H,5-7H2,1-2H3;1-4H/t8-;/m0./s1. The molecule has 1 saturated heterocycles. The average molecular weight is 471 g/mol. The molecule has 4 rings (SSSR count). The van der Waals surface area contributed by atoms with Gasteiger partial charge in [-0.2, -0.15) is 0 Å². The Labute approximate surface area is 182 Å². The summed E-state index contributed by atoms with van der Waals surface area (Å²) in [4.78, 5) is 22.5. The summed E-state index contributed by atoms with van der Waals surface area (Å²) >= 11 is 1.45. The molecule has 166 valence electrons. The highest BCUT2D eigenvalue weighted by Crippen LogP contribution is 2.31. The molecule has 1 aromatic heterocycles. The van der Waals surface area contributed by atoms with E-state index in [9.17, 15) is 22.0 Å². The van der Waals surface area contributed by atoms with Crippen LogP contribution in [0.25, 0.3) is 0 Å². The van der Waals surface area contributed by atoms with E-state index in [0.29, 0.717) is 24.4 Å². The van der Waals surface area contributed by atoms with Gasteiger partial charge in [0.2, 0.25) is 10.0 Å². The van der Waals surface area contributed by atoms with E-state index < -0.39 is 27.6 Å². The number of hydrogen-bond donors (Lipinski definition) is 1. The first kappa shape index (κ1) is 23.0. The molecule has 12 heteroatoms. The number of methoxy groups -OCH3 is 1. The number of aromatic nitrogens is 1. The van der Waals surface area contributed by atoms with E-state index in [1.165, 1.54) is 36.6 Å². The van der Waals surface area contributed by atoms with Gasteiger partial charge in [-0.3, -0.25) is 4.99 Å². The van der Waals surface area contributed by atoms with Gasteiger partial charge in [0, 0.05) is 42.3 Å². The van der Waals surface area contributed by atoms with Gasteiger partial charge in [-0.1, -0.05) is 6.07 Å². The molecule has 0 spiro atoms. The molecule has 0 unspecified atom stereocenters. The summed E-state index contributed by atoms with van der Waals surface area (Å²) in [7, 11) is -2.01. The molecule has 0 aliphatic carbocycles. The first-order chi connectivity index (χ1) is 14.7. The number of carbonyl (C=O) groups excluding carboxylic acids is 1. The maximum Gasteiger partial charge on any atom is 0.337 e. The zero-order valence-electron chi connectivity index (χ0n) is 16.7. The molecule has 1 N–H and O–H groups in total. The Morgan fingerprint density at radius 2 is 2.03 bits per heavy atom.